The molecule has 31 heavy (non-hydrogen) atoms. The quantitative estimate of drug-likeness (QED) is 0.541. The first-order chi connectivity index (χ1) is 14.9. The first-order valence-electron chi connectivity index (χ1n) is 10.4. The zero-order chi connectivity index (χ0) is 22.8. The Kier molecular flexibility index (Phi) is 9.14. The molecule has 0 fully saturated rings. The second kappa shape index (κ2) is 11.8. The van der Waals surface area contributed by atoms with Gasteiger partial charge in [-0.15, -0.1) is 0 Å². The van der Waals surface area contributed by atoms with Gasteiger partial charge < -0.3 is 30.5 Å². The fourth-order valence-corrected chi connectivity index (χ4v) is 3.12. The molecule has 0 radical (unpaired) electrons. The van der Waals surface area contributed by atoms with Crippen molar-refractivity contribution in [3.63, 3.8) is 0 Å². The smallest absolute Gasteiger partial charge is 0.323 e. The molecular weight excluding hydrogens is 394 g/mol. The molecule has 0 aliphatic carbocycles. The van der Waals surface area contributed by atoms with Crippen molar-refractivity contribution in [2.45, 2.75) is 13.8 Å². The summed E-state index contributed by atoms with van der Waals surface area (Å²) in [5.41, 5.74) is 2.45. The van der Waals surface area contributed by atoms with Gasteiger partial charge in [0.25, 0.3) is 5.91 Å². The minimum absolute atomic E-state index is 0.171. The maximum atomic E-state index is 12.8. The van der Waals surface area contributed by atoms with Crippen molar-refractivity contribution < 1.29 is 14.3 Å². The number of nitrogens with zero attached hydrogens (tertiary/aromatic N) is 2. The number of ether oxygens (including phenoxy) is 1. The van der Waals surface area contributed by atoms with E-state index in [0.29, 0.717) is 29.2 Å². The summed E-state index contributed by atoms with van der Waals surface area (Å²) in [6.45, 7) is 7.43. The Morgan fingerprint density at radius 3 is 2.13 bits per heavy atom. The summed E-state index contributed by atoms with van der Waals surface area (Å²) in [5.74, 6) is 0.539. The van der Waals surface area contributed by atoms with Crippen LogP contribution in [0.2, 0.25) is 0 Å². The Balaban J connectivity index is 2.07. The predicted octanol–water partition coefficient (Wildman–Crippen LogP) is 3.48. The molecule has 0 unspecified atom stereocenters. The normalized spacial score (nSPS) is 10.5. The van der Waals surface area contributed by atoms with Crippen LogP contribution in [0.5, 0.6) is 5.75 Å². The van der Waals surface area contributed by atoms with E-state index in [1.54, 1.807) is 43.5 Å². The van der Waals surface area contributed by atoms with Gasteiger partial charge in [-0.25, -0.2) is 4.79 Å². The second-order valence-electron chi connectivity index (χ2n) is 7.22. The van der Waals surface area contributed by atoms with E-state index in [2.05, 4.69) is 34.7 Å². The molecular formula is C23H33N5O3. The highest BCUT2D eigenvalue weighted by atomic mass is 16.5. The summed E-state index contributed by atoms with van der Waals surface area (Å²) in [6, 6.07) is 11.9. The number of likely N-dealkylation sites (N-methyl/N-ethyl adjacent to an activating group) is 1. The van der Waals surface area contributed by atoms with Crippen LogP contribution in [0.4, 0.5) is 21.9 Å². The largest absolute Gasteiger partial charge is 0.497 e. The molecule has 3 N–H and O–H groups in total. The Morgan fingerprint density at radius 2 is 1.55 bits per heavy atom. The molecule has 0 saturated heterocycles. The lowest BCUT2D eigenvalue weighted by molar-refractivity contribution is 0.0949. The molecule has 0 bridgehead atoms. The van der Waals surface area contributed by atoms with Gasteiger partial charge in [-0.3, -0.25) is 4.79 Å². The van der Waals surface area contributed by atoms with Crippen molar-refractivity contribution in [3.8, 4) is 5.75 Å². The number of amides is 3. The Labute approximate surface area is 184 Å². The molecule has 0 atom stereocenters. The number of anilines is 3. The number of methoxy groups -OCH3 is 1. The van der Waals surface area contributed by atoms with E-state index in [0.717, 1.165) is 25.3 Å². The third-order valence-electron chi connectivity index (χ3n) is 4.94. The molecule has 8 nitrogen and oxygen atoms in total. The summed E-state index contributed by atoms with van der Waals surface area (Å²) in [6.07, 6.45) is 0. The SMILES string of the molecule is CCN(CC)CCNC(=O)c1cc(NC(=O)Nc2ccc(OC)cc2)ccc1N(C)C. The molecule has 0 spiro atoms. The van der Waals surface area contributed by atoms with E-state index in [9.17, 15) is 9.59 Å². The van der Waals surface area contributed by atoms with Crippen molar-refractivity contribution in [1.82, 2.24) is 10.2 Å². The average Bonchev–Trinajstić information content (AvgIpc) is 2.76. The van der Waals surface area contributed by atoms with Crippen molar-refractivity contribution in [2.24, 2.45) is 0 Å². The fourth-order valence-electron chi connectivity index (χ4n) is 3.12. The first-order valence-corrected chi connectivity index (χ1v) is 10.4. The van der Waals surface area contributed by atoms with E-state index < -0.39 is 6.03 Å². The Hall–Kier alpha value is -3.26. The van der Waals surface area contributed by atoms with Gasteiger partial charge in [0.2, 0.25) is 0 Å². The minimum atomic E-state index is -0.393. The lowest BCUT2D eigenvalue weighted by atomic mass is 10.1. The number of benzene rings is 2. The van der Waals surface area contributed by atoms with Gasteiger partial charge in [-0.05, 0) is 55.6 Å². The average molecular weight is 428 g/mol. The van der Waals surface area contributed by atoms with Crippen LogP contribution in [0, 0.1) is 0 Å². The van der Waals surface area contributed by atoms with E-state index in [-0.39, 0.29) is 5.91 Å². The molecule has 0 heterocycles. The maximum absolute atomic E-state index is 12.8. The monoisotopic (exact) mass is 427 g/mol. The van der Waals surface area contributed by atoms with Gasteiger partial charge in [-0.1, -0.05) is 13.8 Å². The van der Waals surface area contributed by atoms with Gasteiger partial charge in [0.15, 0.2) is 0 Å². The number of carbonyl (C=O) groups excluding carboxylic acids is 2. The molecule has 0 saturated carbocycles. The molecule has 0 aromatic heterocycles. The van der Waals surface area contributed by atoms with E-state index in [4.69, 9.17) is 4.74 Å². The summed E-state index contributed by atoms with van der Waals surface area (Å²) in [5, 5.41) is 8.53. The summed E-state index contributed by atoms with van der Waals surface area (Å²) in [4.78, 5) is 29.3. The Morgan fingerprint density at radius 1 is 0.935 bits per heavy atom. The molecule has 8 heteroatoms. The Bertz CT molecular complexity index is 864. The summed E-state index contributed by atoms with van der Waals surface area (Å²) < 4.78 is 5.12. The van der Waals surface area contributed by atoms with Crippen molar-refractivity contribution in [2.75, 3.05) is 62.9 Å². The van der Waals surface area contributed by atoms with E-state index >= 15 is 0 Å². The molecule has 2 aromatic rings. The first kappa shape index (κ1) is 24.0. The van der Waals surface area contributed by atoms with Crippen molar-refractivity contribution >= 4 is 29.0 Å². The molecule has 168 valence electrons. The van der Waals surface area contributed by atoms with Gasteiger partial charge >= 0.3 is 6.03 Å². The lowest BCUT2D eigenvalue weighted by Gasteiger charge is -2.20. The van der Waals surface area contributed by atoms with E-state index in [1.165, 1.54) is 0 Å². The highest BCUT2D eigenvalue weighted by Crippen LogP contribution is 2.23. The van der Waals surface area contributed by atoms with Gasteiger partial charge in [0.05, 0.1) is 12.7 Å². The minimum Gasteiger partial charge on any atom is -0.497 e. The highest BCUT2D eigenvalue weighted by Gasteiger charge is 2.15. The predicted molar refractivity (Wildman–Crippen MR) is 127 cm³/mol. The standard InChI is InChI=1S/C23H33N5O3/c1-6-28(7-2)15-14-24-22(29)20-16-18(10-13-21(20)27(3)4)26-23(30)25-17-8-11-19(31-5)12-9-17/h8-13,16H,6-7,14-15H2,1-5H3,(H,24,29)(H2,25,26,30). The van der Waals surface area contributed by atoms with Crippen LogP contribution in [-0.4, -0.2) is 64.2 Å². The van der Waals surface area contributed by atoms with Crippen LogP contribution in [0.25, 0.3) is 0 Å². The van der Waals surface area contributed by atoms with Crippen LogP contribution < -0.4 is 25.6 Å². The number of urea groups is 1. The number of rotatable bonds is 10. The highest BCUT2D eigenvalue weighted by molar-refractivity contribution is 6.04. The van der Waals surface area contributed by atoms with Crippen molar-refractivity contribution in [1.29, 1.82) is 0 Å². The van der Waals surface area contributed by atoms with Gasteiger partial charge in [0, 0.05) is 44.2 Å². The number of hydrogen-bond donors (Lipinski definition) is 3. The zero-order valence-corrected chi connectivity index (χ0v) is 19.0. The molecule has 2 rings (SSSR count). The van der Waals surface area contributed by atoms with Crippen LogP contribution in [-0.2, 0) is 0 Å². The summed E-state index contributed by atoms with van der Waals surface area (Å²) >= 11 is 0. The van der Waals surface area contributed by atoms with Crippen LogP contribution in [0.3, 0.4) is 0 Å². The number of carbonyl (C=O) groups is 2. The second-order valence-corrected chi connectivity index (χ2v) is 7.22. The van der Waals surface area contributed by atoms with Gasteiger partial charge in [-0.2, -0.15) is 0 Å². The third kappa shape index (κ3) is 7.18. The van der Waals surface area contributed by atoms with Gasteiger partial charge in [0.1, 0.15) is 5.75 Å². The summed E-state index contributed by atoms with van der Waals surface area (Å²) in [7, 11) is 5.35. The zero-order valence-electron chi connectivity index (χ0n) is 19.0. The lowest BCUT2D eigenvalue weighted by Crippen LogP contribution is -2.35. The molecule has 0 aliphatic rings. The van der Waals surface area contributed by atoms with Crippen LogP contribution in [0.15, 0.2) is 42.5 Å². The van der Waals surface area contributed by atoms with Crippen LogP contribution in [0.1, 0.15) is 24.2 Å². The molecule has 2 aromatic carbocycles. The van der Waals surface area contributed by atoms with Crippen molar-refractivity contribution in [3.05, 3.63) is 48.0 Å². The molecule has 0 aliphatic heterocycles. The van der Waals surface area contributed by atoms with E-state index in [1.807, 2.05) is 25.1 Å². The fraction of sp³-hybridized carbons (Fsp3) is 0.391. The molecule has 3 amide bonds. The maximum Gasteiger partial charge on any atom is 0.323 e. The van der Waals surface area contributed by atoms with Crippen LogP contribution >= 0.6 is 0 Å². The third-order valence-corrected chi connectivity index (χ3v) is 4.94. The number of nitrogens with one attached hydrogen (secondary N) is 3. The number of hydrogen-bond acceptors (Lipinski definition) is 5. The topological polar surface area (TPSA) is 85.9 Å².